The van der Waals surface area contributed by atoms with Gasteiger partial charge in [-0.15, -0.1) is 0 Å². The van der Waals surface area contributed by atoms with Crippen molar-refractivity contribution in [3.63, 3.8) is 0 Å². The highest BCUT2D eigenvalue weighted by Gasteiger charge is 2.11. The van der Waals surface area contributed by atoms with E-state index in [1.54, 1.807) is 0 Å². The minimum atomic E-state index is -1.06. The van der Waals surface area contributed by atoms with Crippen molar-refractivity contribution >= 4 is 11.7 Å². The Kier molecular flexibility index (Phi) is 3.44. The Morgan fingerprint density at radius 3 is 2.27 bits per heavy atom. The summed E-state index contributed by atoms with van der Waals surface area (Å²) in [6.07, 6.45) is 0. The van der Waals surface area contributed by atoms with Gasteiger partial charge in [0.1, 0.15) is 11.6 Å². The minimum Gasteiger partial charge on any atom is -0.496 e. The van der Waals surface area contributed by atoms with Crippen molar-refractivity contribution in [3.8, 4) is 0 Å². The lowest BCUT2D eigenvalue weighted by atomic mass is 10.1. The molecule has 0 bridgehead atoms. The monoisotopic (exact) mass is 210 g/mol. The largest absolute Gasteiger partial charge is 0.496 e. The zero-order chi connectivity index (χ0) is 11.4. The topological polar surface area (TPSA) is 46.5 Å². The van der Waals surface area contributed by atoms with Crippen LogP contribution in [-0.2, 0) is 9.53 Å². The molecule has 1 N–H and O–H groups in total. The van der Waals surface area contributed by atoms with E-state index < -0.39 is 5.97 Å². The summed E-state index contributed by atoms with van der Waals surface area (Å²) in [7, 11) is 1.38. The number of halogens is 1. The number of rotatable bonds is 3. The summed E-state index contributed by atoms with van der Waals surface area (Å²) in [5, 5.41) is 8.79. The van der Waals surface area contributed by atoms with Crippen LogP contribution in [0.4, 0.5) is 4.39 Å². The van der Waals surface area contributed by atoms with Gasteiger partial charge in [-0.1, -0.05) is 0 Å². The van der Waals surface area contributed by atoms with Crippen LogP contribution >= 0.6 is 0 Å². The molecule has 0 atom stereocenters. The SMILES string of the molecule is CO/C(=C(\C)C(=O)O)c1ccc(F)cc1. The van der Waals surface area contributed by atoms with Gasteiger partial charge in [0.05, 0.1) is 12.7 Å². The van der Waals surface area contributed by atoms with E-state index in [0.717, 1.165) is 0 Å². The first-order chi connectivity index (χ1) is 7.06. The molecule has 80 valence electrons. The van der Waals surface area contributed by atoms with Crippen LogP contribution in [0.3, 0.4) is 0 Å². The van der Waals surface area contributed by atoms with E-state index in [1.165, 1.54) is 38.3 Å². The zero-order valence-corrected chi connectivity index (χ0v) is 8.45. The van der Waals surface area contributed by atoms with Crippen molar-refractivity contribution < 1.29 is 19.0 Å². The second-order valence-electron chi connectivity index (χ2n) is 2.97. The third-order valence-electron chi connectivity index (χ3n) is 1.97. The first-order valence-electron chi connectivity index (χ1n) is 4.30. The molecule has 0 heterocycles. The number of carboxylic acid groups (broad SMARTS) is 1. The van der Waals surface area contributed by atoms with Crippen LogP contribution in [0, 0.1) is 5.82 Å². The third kappa shape index (κ3) is 2.56. The van der Waals surface area contributed by atoms with Gasteiger partial charge in [0.2, 0.25) is 0 Å². The van der Waals surface area contributed by atoms with Crippen molar-refractivity contribution in [3.05, 3.63) is 41.2 Å². The molecule has 15 heavy (non-hydrogen) atoms. The number of methoxy groups -OCH3 is 1. The van der Waals surface area contributed by atoms with Gasteiger partial charge in [0.15, 0.2) is 0 Å². The first-order valence-corrected chi connectivity index (χ1v) is 4.30. The van der Waals surface area contributed by atoms with Crippen LogP contribution in [0.5, 0.6) is 0 Å². The normalized spacial score (nSPS) is 11.9. The molecule has 0 radical (unpaired) electrons. The van der Waals surface area contributed by atoms with E-state index in [0.29, 0.717) is 5.56 Å². The molecule has 0 fully saturated rings. The second kappa shape index (κ2) is 4.59. The Morgan fingerprint density at radius 1 is 1.33 bits per heavy atom. The van der Waals surface area contributed by atoms with E-state index in [4.69, 9.17) is 9.84 Å². The van der Waals surface area contributed by atoms with Crippen molar-refractivity contribution in [2.75, 3.05) is 7.11 Å². The Balaban J connectivity index is 3.19. The Labute approximate surface area is 86.8 Å². The van der Waals surface area contributed by atoms with E-state index in [1.807, 2.05) is 0 Å². The number of benzene rings is 1. The zero-order valence-electron chi connectivity index (χ0n) is 8.45. The predicted octanol–water partition coefficient (Wildman–Crippen LogP) is 2.29. The van der Waals surface area contributed by atoms with Crippen LogP contribution in [-0.4, -0.2) is 18.2 Å². The van der Waals surface area contributed by atoms with Gasteiger partial charge in [-0.25, -0.2) is 9.18 Å². The van der Waals surface area contributed by atoms with Crippen LogP contribution in [0.15, 0.2) is 29.8 Å². The van der Waals surface area contributed by atoms with Crippen molar-refractivity contribution in [2.45, 2.75) is 6.92 Å². The molecule has 0 aromatic heterocycles. The number of hydrogen-bond donors (Lipinski definition) is 1. The van der Waals surface area contributed by atoms with Crippen LogP contribution in [0.1, 0.15) is 12.5 Å². The van der Waals surface area contributed by atoms with Crippen LogP contribution < -0.4 is 0 Å². The first kappa shape index (κ1) is 11.2. The van der Waals surface area contributed by atoms with Gasteiger partial charge in [-0.05, 0) is 31.2 Å². The molecule has 1 rings (SSSR count). The predicted molar refractivity (Wildman–Crippen MR) is 53.6 cm³/mol. The maximum absolute atomic E-state index is 12.6. The summed E-state index contributed by atoms with van der Waals surface area (Å²) in [4.78, 5) is 10.7. The molecule has 3 nitrogen and oxygen atoms in total. The lowest BCUT2D eigenvalue weighted by Gasteiger charge is -2.08. The van der Waals surface area contributed by atoms with Gasteiger partial charge in [0, 0.05) is 5.56 Å². The fourth-order valence-electron chi connectivity index (χ4n) is 1.19. The Hall–Kier alpha value is -1.84. The molecule has 0 unspecified atom stereocenters. The molecular weight excluding hydrogens is 199 g/mol. The Bertz CT molecular complexity index is 393. The molecule has 0 spiro atoms. The molecule has 1 aromatic carbocycles. The highest BCUT2D eigenvalue weighted by Crippen LogP contribution is 2.19. The number of hydrogen-bond acceptors (Lipinski definition) is 2. The number of carboxylic acids is 1. The molecule has 0 aliphatic rings. The van der Waals surface area contributed by atoms with E-state index in [2.05, 4.69) is 0 Å². The molecule has 0 saturated carbocycles. The highest BCUT2D eigenvalue weighted by molar-refractivity contribution is 5.94. The molecule has 1 aromatic rings. The highest BCUT2D eigenvalue weighted by atomic mass is 19.1. The molecule has 0 saturated heterocycles. The number of ether oxygens (including phenoxy) is 1. The number of carbonyl (C=O) groups is 1. The van der Waals surface area contributed by atoms with Crippen LogP contribution in [0.25, 0.3) is 5.76 Å². The maximum Gasteiger partial charge on any atom is 0.335 e. The van der Waals surface area contributed by atoms with Crippen molar-refractivity contribution in [1.29, 1.82) is 0 Å². The minimum absolute atomic E-state index is 0.0871. The summed E-state index contributed by atoms with van der Waals surface area (Å²) >= 11 is 0. The molecular formula is C11H11FO3. The van der Waals surface area contributed by atoms with E-state index in [9.17, 15) is 9.18 Å². The fraction of sp³-hybridized carbons (Fsp3) is 0.182. The van der Waals surface area contributed by atoms with Crippen molar-refractivity contribution in [2.24, 2.45) is 0 Å². The summed E-state index contributed by atoms with van der Waals surface area (Å²) < 4.78 is 17.6. The average molecular weight is 210 g/mol. The second-order valence-corrected chi connectivity index (χ2v) is 2.97. The van der Waals surface area contributed by atoms with Gasteiger partial charge >= 0.3 is 5.97 Å². The molecule has 0 aliphatic carbocycles. The smallest absolute Gasteiger partial charge is 0.335 e. The Morgan fingerprint density at radius 2 is 1.87 bits per heavy atom. The van der Waals surface area contributed by atoms with Gasteiger partial charge < -0.3 is 9.84 Å². The van der Waals surface area contributed by atoms with Crippen molar-refractivity contribution in [1.82, 2.24) is 0 Å². The lowest BCUT2D eigenvalue weighted by Crippen LogP contribution is -2.02. The van der Waals surface area contributed by atoms with E-state index in [-0.39, 0.29) is 17.1 Å². The summed E-state index contributed by atoms with van der Waals surface area (Å²) in [6, 6.07) is 5.45. The standard InChI is InChI=1S/C11H11FO3/c1-7(11(13)14)10(15-2)8-3-5-9(12)6-4-8/h3-6H,1-2H3,(H,13,14)/b10-7+. The maximum atomic E-state index is 12.6. The molecule has 4 heteroatoms. The lowest BCUT2D eigenvalue weighted by molar-refractivity contribution is -0.132. The average Bonchev–Trinajstić information content (AvgIpc) is 2.21. The third-order valence-corrected chi connectivity index (χ3v) is 1.97. The molecule has 0 amide bonds. The fourth-order valence-corrected chi connectivity index (χ4v) is 1.19. The molecule has 0 aliphatic heterocycles. The summed E-state index contributed by atoms with van der Waals surface area (Å²) in [6.45, 7) is 1.44. The quantitative estimate of drug-likeness (QED) is 0.615. The summed E-state index contributed by atoms with van der Waals surface area (Å²) in [5.41, 5.74) is 0.628. The van der Waals surface area contributed by atoms with Gasteiger partial charge in [-0.2, -0.15) is 0 Å². The number of aliphatic carboxylic acids is 1. The van der Waals surface area contributed by atoms with Gasteiger partial charge in [0.25, 0.3) is 0 Å². The van der Waals surface area contributed by atoms with Crippen LogP contribution in [0.2, 0.25) is 0 Å². The van der Waals surface area contributed by atoms with Gasteiger partial charge in [-0.3, -0.25) is 0 Å². The summed E-state index contributed by atoms with van der Waals surface area (Å²) in [5.74, 6) is -1.19. The van der Waals surface area contributed by atoms with E-state index >= 15 is 0 Å².